The van der Waals surface area contributed by atoms with Crippen molar-refractivity contribution < 1.29 is 26.3 Å². The Kier molecular flexibility index (Phi) is 4.38. The number of hydrogen-bond acceptors (Lipinski definition) is 2. The van der Waals surface area contributed by atoms with Gasteiger partial charge in [0, 0.05) is 12.4 Å². The maximum atomic E-state index is 12.4. The van der Waals surface area contributed by atoms with Gasteiger partial charge in [-0.3, -0.25) is 4.57 Å². The van der Waals surface area contributed by atoms with Crippen molar-refractivity contribution in [2.24, 2.45) is 0 Å². The summed E-state index contributed by atoms with van der Waals surface area (Å²) in [6, 6.07) is 0. The minimum Gasteiger partial charge on any atom is -0.304 e. The number of halogens is 6. The number of imidazole rings is 1. The van der Waals surface area contributed by atoms with Crippen LogP contribution in [0.5, 0.6) is 0 Å². The molecule has 0 bridgehead atoms. The third kappa shape index (κ3) is 3.62. The number of alkyl halides is 6. The van der Waals surface area contributed by atoms with Gasteiger partial charge in [-0.15, -0.1) is 0 Å². The molecule has 0 amide bonds. The number of nitrogens with zero attached hydrogens (tertiary/aromatic N) is 2. The van der Waals surface area contributed by atoms with E-state index in [4.69, 9.17) is 0 Å². The molecule has 0 saturated carbocycles. The van der Waals surface area contributed by atoms with E-state index in [0.717, 1.165) is 12.4 Å². The summed E-state index contributed by atoms with van der Waals surface area (Å²) < 4.78 is 73.4. The second kappa shape index (κ2) is 5.39. The Bertz CT molecular complexity index is 351. The third-order valence-electron chi connectivity index (χ3n) is 1.92. The van der Waals surface area contributed by atoms with Crippen LogP contribution in [0.3, 0.4) is 0 Å². The fraction of sp³-hybridized carbons (Fsp3) is 0.625. The Labute approximate surface area is 92.4 Å². The second-order valence-electron chi connectivity index (χ2n) is 3.19. The maximum Gasteiger partial charge on any atom is 0.319 e. The summed E-state index contributed by atoms with van der Waals surface area (Å²) in [5.41, 5.74) is 0. The zero-order chi connectivity index (χ0) is 13.1. The van der Waals surface area contributed by atoms with Gasteiger partial charge in [-0.25, -0.2) is 13.8 Å². The van der Waals surface area contributed by atoms with E-state index in [1.54, 1.807) is 0 Å². The van der Waals surface area contributed by atoms with E-state index in [1.165, 1.54) is 0 Å². The first kappa shape index (κ1) is 13.8. The van der Waals surface area contributed by atoms with Crippen molar-refractivity contribution >= 4 is 0 Å². The average Bonchev–Trinajstić information content (AvgIpc) is 2.65. The van der Waals surface area contributed by atoms with Crippen molar-refractivity contribution in [3.05, 3.63) is 18.2 Å². The minimum atomic E-state index is -4.19. The van der Waals surface area contributed by atoms with E-state index in [-0.39, 0.29) is 5.82 Å². The number of rotatable bonds is 6. The summed E-state index contributed by atoms with van der Waals surface area (Å²) in [5.74, 6) is -4.40. The molecule has 98 valence electrons. The first-order valence-electron chi connectivity index (χ1n) is 4.51. The molecular weight excluding hydrogens is 252 g/mol. The molecule has 0 radical (unpaired) electrons. The highest BCUT2D eigenvalue weighted by atomic mass is 19.3. The number of aromatic nitrogens is 2. The highest BCUT2D eigenvalue weighted by molar-refractivity contribution is 4.92. The van der Waals surface area contributed by atoms with Crippen LogP contribution < -0.4 is 5.32 Å². The quantitative estimate of drug-likeness (QED) is 0.796. The van der Waals surface area contributed by atoms with Crippen LogP contribution in [0.25, 0.3) is 0 Å². The van der Waals surface area contributed by atoms with Gasteiger partial charge in [0.1, 0.15) is 5.82 Å². The summed E-state index contributed by atoms with van der Waals surface area (Å²) in [6.07, 6.45) is -1.77. The molecule has 17 heavy (non-hydrogen) atoms. The molecule has 0 fully saturated rings. The van der Waals surface area contributed by atoms with Crippen LogP contribution in [0.4, 0.5) is 26.3 Å². The van der Waals surface area contributed by atoms with Gasteiger partial charge in [0.2, 0.25) is 0 Å². The zero-order valence-corrected chi connectivity index (χ0v) is 8.39. The van der Waals surface area contributed by atoms with Crippen LogP contribution >= 0.6 is 0 Å². The molecule has 0 aliphatic heterocycles. The number of nitrogens with one attached hydrogen (secondary N) is 1. The van der Waals surface area contributed by atoms with Gasteiger partial charge in [0.05, 0.1) is 13.1 Å². The molecule has 9 heteroatoms. The van der Waals surface area contributed by atoms with Crippen molar-refractivity contribution in [2.45, 2.75) is 25.4 Å². The van der Waals surface area contributed by atoms with E-state index in [1.807, 2.05) is 5.32 Å². The first-order valence-corrected chi connectivity index (χ1v) is 4.51. The van der Waals surface area contributed by atoms with Gasteiger partial charge in [0.15, 0.2) is 0 Å². The molecule has 1 heterocycles. The molecule has 0 unspecified atom stereocenters. The van der Waals surface area contributed by atoms with Gasteiger partial charge < -0.3 is 5.32 Å². The number of hydrogen-bond donors (Lipinski definition) is 1. The van der Waals surface area contributed by atoms with Gasteiger partial charge >= 0.3 is 18.9 Å². The average molecular weight is 261 g/mol. The van der Waals surface area contributed by atoms with E-state index in [9.17, 15) is 26.3 Å². The van der Waals surface area contributed by atoms with Crippen molar-refractivity contribution in [1.82, 2.24) is 14.9 Å². The fourth-order valence-corrected chi connectivity index (χ4v) is 1.08. The molecule has 0 spiro atoms. The third-order valence-corrected chi connectivity index (χ3v) is 1.92. The van der Waals surface area contributed by atoms with Gasteiger partial charge in [-0.05, 0) is 0 Å². The monoisotopic (exact) mass is 261 g/mol. The van der Waals surface area contributed by atoms with Crippen LogP contribution in [0.2, 0.25) is 0 Å². The molecule has 3 nitrogen and oxygen atoms in total. The van der Waals surface area contributed by atoms with Crippen LogP contribution in [0, 0.1) is 0 Å². The van der Waals surface area contributed by atoms with Crippen molar-refractivity contribution in [2.75, 3.05) is 6.54 Å². The van der Waals surface area contributed by atoms with Crippen molar-refractivity contribution in [3.63, 3.8) is 0 Å². The lowest BCUT2D eigenvalue weighted by molar-refractivity contribution is -0.125. The van der Waals surface area contributed by atoms with E-state index < -0.39 is 32.0 Å². The molecule has 1 N–H and O–H groups in total. The van der Waals surface area contributed by atoms with Crippen LogP contribution in [0.15, 0.2) is 12.4 Å². The minimum absolute atomic E-state index is 0.204. The molecule has 0 aliphatic rings. The summed E-state index contributed by atoms with van der Waals surface area (Å²) in [7, 11) is 0. The van der Waals surface area contributed by atoms with Crippen molar-refractivity contribution in [3.8, 4) is 0 Å². The van der Waals surface area contributed by atoms with Crippen molar-refractivity contribution in [1.29, 1.82) is 0 Å². The van der Waals surface area contributed by atoms with Gasteiger partial charge in [-0.1, -0.05) is 0 Å². The van der Waals surface area contributed by atoms with Crippen LogP contribution in [0.1, 0.15) is 12.4 Å². The molecule has 1 aromatic heterocycles. The summed E-state index contributed by atoms with van der Waals surface area (Å²) in [6.45, 7) is -4.61. The lowest BCUT2D eigenvalue weighted by Gasteiger charge is -2.15. The van der Waals surface area contributed by atoms with E-state index in [0.29, 0.717) is 4.57 Å². The highest BCUT2D eigenvalue weighted by Crippen LogP contribution is 2.21. The molecule has 0 aliphatic carbocycles. The molecule has 0 aromatic carbocycles. The predicted octanol–water partition coefficient (Wildman–Crippen LogP) is 2.27. The normalized spacial score (nSPS) is 12.7. The molecule has 0 saturated heterocycles. The predicted molar refractivity (Wildman–Crippen MR) is 46.1 cm³/mol. The second-order valence-corrected chi connectivity index (χ2v) is 3.19. The van der Waals surface area contributed by atoms with E-state index in [2.05, 4.69) is 4.98 Å². The first-order chi connectivity index (χ1) is 7.84. The molecule has 0 atom stereocenters. The highest BCUT2D eigenvalue weighted by Gasteiger charge is 2.40. The summed E-state index contributed by atoms with van der Waals surface area (Å²) in [5, 5.41) is 1.96. The Morgan fingerprint density at radius 2 is 1.94 bits per heavy atom. The summed E-state index contributed by atoms with van der Waals surface area (Å²) >= 11 is 0. The lowest BCUT2D eigenvalue weighted by Crippen LogP contribution is -2.38. The Hall–Kier alpha value is -1.25. The van der Waals surface area contributed by atoms with Gasteiger partial charge in [0.25, 0.3) is 0 Å². The Morgan fingerprint density at radius 3 is 2.47 bits per heavy atom. The molecule has 1 aromatic rings. The summed E-state index contributed by atoms with van der Waals surface area (Å²) in [4.78, 5) is 3.49. The smallest absolute Gasteiger partial charge is 0.304 e. The fourth-order valence-electron chi connectivity index (χ4n) is 1.08. The van der Waals surface area contributed by atoms with E-state index >= 15 is 0 Å². The maximum absolute atomic E-state index is 12.4. The standard InChI is InChI=1S/C8H9F6N3/c9-6(10)8(13,14)4-15-3-5-16-1-2-17(5)7(11)12/h1-2,6-7,15H,3-4H2. The largest absolute Gasteiger partial charge is 0.319 e. The molecule has 1 rings (SSSR count). The Balaban J connectivity index is 2.49. The topological polar surface area (TPSA) is 29.9 Å². The molecular formula is C8H9F6N3. The SMILES string of the molecule is FC(F)n1ccnc1CNCC(F)(F)C(F)F. The zero-order valence-electron chi connectivity index (χ0n) is 8.39. The van der Waals surface area contributed by atoms with Gasteiger partial charge in [-0.2, -0.15) is 17.6 Å². The Morgan fingerprint density at radius 1 is 1.29 bits per heavy atom. The van der Waals surface area contributed by atoms with Crippen LogP contribution in [-0.2, 0) is 6.54 Å². The lowest BCUT2D eigenvalue weighted by atomic mass is 10.3. The van der Waals surface area contributed by atoms with Crippen LogP contribution in [-0.4, -0.2) is 28.4 Å².